The predicted octanol–water partition coefficient (Wildman–Crippen LogP) is 4.70. The normalized spacial score (nSPS) is 48.2. The molecule has 0 heterocycles. The van der Waals surface area contributed by atoms with Crippen LogP contribution in [-0.4, -0.2) is 17.9 Å². The summed E-state index contributed by atoms with van der Waals surface area (Å²) in [5.74, 6) is 0.934. The highest BCUT2D eigenvalue weighted by Crippen LogP contribution is 2.66. The lowest BCUT2D eigenvalue weighted by atomic mass is 9.47. The van der Waals surface area contributed by atoms with Gasteiger partial charge in [-0.1, -0.05) is 26.8 Å². The molecule has 4 unspecified atom stereocenters. The van der Waals surface area contributed by atoms with E-state index in [1.54, 1.807) is 0 Å². The number of ether oxygens (including phenoxy) is 1. The molecular formula is C21H32O3. The number of Topliss-reactive ketones (excluding diaryl/α,β-unsaturated/α-hetero) is 1. The second-order valence-corrected chi connectivity index (χ2v) is 9.22. The van der Waals surface area contributed by atoms with Crippen LogP contribution < -0.4 is 0 Å². The lowest BCUT2D eigenvalue weighted by Crippen LogP contribution is -2.54. The van der Waals surface area contributed by atoms with Crippen molar-refractivity contribution in [3.05, 3.63) is 12.7 Å². The number of ketones is 1. The summed E-state index contributed by atoms with van der Waals surface area (Å²) in [7, 11) is 0. The maximum Gasteiger partial charge on any atom is 0.302 e. The van der Waals surface area contributed by atoms with Crippen molar-refractivity contribution in [1.82, 2.24) is 0 Å². The molecule has 6 atom stereocenters. The van der Waals surface area contributed by atoms with Gasteiger partial charge >= 0.3 is 5.97 Å². The molecule has 0 aromatic rings. The molecule has 3 aliphatic rings. The van der Waals surface area contributed by atoms with Gasteiger partial charge in [0.2, 0.25) is 0 Å². The van der Waals surface area contributed by atoms with Gasteiger partial charge in [-0.2, -0.15) is 0 Å². The van der Waals surface area contributed by atoms with Gasteiger partial charge in [0.1, 0.15) is 11.9 Å². The Bertz CT molecular complexity index is 567. The van der Waals surface area contributed by atoms with Gasteiger partial charge in [-0.15, -0.1) is 6.58 Å². The first kappa shape index (κ1) is 17.7. The smallest absolute Gasteiger partial charge is 0.302 e. The second kappa shape index (κ2) is 5.71. The van der Waals surface area contributed by atoms with Gasteiger partial charge in [-0.3, -0.25) is 9.59 Å². The molecule has 0 aliphatic heterocycles. The van der Waals surface area contributed by atoms with E-state index in [0.717, 1.165) is 32.1 Å². The van der Waals surface area contributed by atoms with Crippen LogP contribution in [0.25, 0.3) is 0 Å². The van der Waals surface area contributed by atoms with Crippen molar-refractivity contribution in [2.75, 3.05) is 0 Å². The molecule has 3 rings (SSSR count). The van der Waals surface area contributed by atoms with Crippen molar-refractivity contribution in [2.24, 2.45) is 28.1 Å². The fourth-order valence-electron chi connectivity index (χ4n) is 6.08. The van der Waals surface area contributed by atoms with Crippen LogP contribution in [0.4, 0.5) is 0 Å². The van der Waals surface area contributed by atoms with Crippen LogP contribution in [0.5, 0.6) is 0 Å². The van der Waals surface area contributed by atoms with Crippen LogP contribution in [0.3, 0.4) is 0 Å². The maximum absolute atomic E-state index is 12.9. The Hall–Kier alpha value is -1.12. The van der Waals surface area contributed by atoms with E-state index in [9.17, 15) is 9.59 Å². The Morgan fingerprint density at radius 2 is 1.96 bits per heavy atom. The zero-order valence-electron chi connectivity index (χ0n) is 15.7. The fourth-order valence-corrected chi connectivity index (χ4v) is 6.08. The molecule has 0 aromatic heterocycles. The van der Waals surface area contributed by atoms with E-state index >= 15 is 0 Å². The first-order valence-corrected chi connectivity index (χ1v) is 9.50. The average molecular weight is 332 g/mol. The lowest BCUT2D eigenvalue weighted by molar-refractivity contribution is -0.165. The molecule has 0 aromatic carbocycles. The molecular weight excluding hydrogens is 300 g/mol. The molecule has 134 valence electrons. The van der Waals surface area contributed by atoms with Crippen LogP contribution in [0.15, 0.2) is 12.7 Å². The highest BCUT2D eigenvalue weighted by molar-refractivity contribution is 5.85. The van der Waals surface area contributed by atoms with E-state index in [-0.39, 0.29) is 34.2 Å². The molecule has 0 N–H and O–H groups in total. The minimum absolute atomic E-state index is 0.0170. The molecule has 3 nitrogen and oxygen atoms in total. The molecule has 3 aliphatic carbocycles. The molecule has 3 saturated carbocycles. The van der Waals surface area contributed by atoms with Crippen molar-refractivity contribution in [3.8, 4) is 0 Å². The van der Waals surface area contributed by atoms with Gasteiger partial charge in [0, 0.05) is 24.7 Å². The van der Waals surface area contributed by atoms with Crippen LogP contribution in [-0.2, 0) is 14.3 Å². The van der Waals surface area contributed by atoms with E-state index in [0.29, 0.717) is 18.1 Å². The van der Waals surface area contributed by atoms with E-state index in [2.05, 4.69) is 27.4 Å². The molecule has 3 fully saturated rings. The summed E-state index contributed by atoms with van der Waals surface area (Å²) in [6.07, 6.45) is 8.49. The van der Waals surface area contributed by atoms with Crippen LogP contribution in [0.2, 0.25) is 0 Å². The second-order valence-electron chi connectivity index (χ2n) is 9.22. The highest BCUT2D eigenvalue weighted by Gasteiger charge is 2.62. The Labute approximate surface area is 146 Å². The third kappa shape index (κ3) is 2.46. The standard InChI is InChI=1S/C21H32O3/c1-6-19(4)11-12-20(5)14(2)7-9-21(10-8-16(23)18(20)21)13-17(19)24-15(3)22/h6,14,17-18H,1,7-13H2,2-5H3/t14?,17?,18?,19-,20-,21?/m1/s1. The number of hydrogen-bond acceptors (Lipinski definition) is 3. The zero-order chi connectivity index (χ0) is 17.8. The first-order valence-electron chi connectivity index (χ1n) is 9.50. The minimum Gasteiger partial charge on any atom is -0.462 e. The number of esters is 1. The molecule has 0 saturated heterocycles. The number of carbonyl (C=O) groups excluding carboxylic acids is 2. The zero-order valence-corrected chi connectivity index (χ0v) is 15.7. The van der Waals surface area contributed by atoms with Gasteiger partial charge in [-0.05, 0) is 55.3 Å². The monoisotopic (exact) mass is 332 g/mol. The van der Waals surface area contributed by atoms with Gasteiger partial charge in [0.25, 0.3) is 0 Å². The lowest BCUT2D eigenvalue weighted by Gasteiger charge is -2.57. The van der Waals surface area contributed by atoms with Crippen molar-refractivity contribution < 1.29 is 14.3 Å². The maximum atomic E-state index is 12.9. The molecule has 24 heavy (non-hydrogen) atoms. The van der Waals surface area contributed by atoms with E-state index < -0.39 is 0 Å². The van der Waals surface area contributed by atoms with E-state index in [1.807, 2.05) is 6.08 Å². The van der Waals surface area contributed by atoms with E-state index in [1.165, 1.54) is 13.3 Å². The Morgan fingerprint density at radius 1 is 1.25 bits per heavy atom. The van der Waals surface area contributed by atoms with Gasteiger partial charge in [0.15, 0.2) is 0 Å². The van der Waals surface area contributed by atoms with Crippen molar-refractivity contribution >= 4 is 11.8 Å². The summed E-state index contributed by atoms with van der Waals surface area (Å²) < 4.78 is 5.80. The van der Waals surface area contributed by atoms with Gasteiger partial charge in [0.05, 0.1) is 0 Å². The van der Waals surface area contributed by atoms with Crippen LogP contribution in [0, 0.1) is 28.1 Å². The molecule has 0 spiro atoms. The third-order valence-electron chi connectivity index (χ3n) is 7.97. The summed E-state index contributed by atoms with van der Waals surface area (Å²) in [4.78, 5) is 24.6. The summed E-state index contributed by atoms with van der Waals surface area (Å²) in [6, 6.07) is 0. The number of hydrogen-bond donors (Lipinski definition) is 0. The van der Waals surface area contributed by atoms with Crippen LogP contribution in [0.1, 0.15) is 72.6 Å². The first-order chi connectivity index (χ1) is 11.2. The van der Waals surface area contributed by atoms with Crippen molar-refractivity contribution in [1.29, 1.82) is 0 Å². The van der Waals surface area contributed by atoms with Crippen LogP contribution >= 0.6 is 0 Å². The summed E-state index contributed by atoms with van der Waals surface area (Å²) >= 11 is 0. The average Bonchev–Trinajstić information content (AvgIpc) is 2.85. The SMILES string of the molecule is C=C[C@]1(C)CC[C@]2(C)C(C)CCC3(CCC(=O)C32)CC1OC(C)=O. The molecule has 2 bridgehead atoms. The minimum atomic E-state index is -0.224. The van der Waals surface area contributed by atoms with Crippen molar-refractivity contribution in [2.45, 2.75) is 78.7 Å². The predicted molar refractivity (Wildman–Crippen MR) is 94.4 cm³/mol. The fraction of sp³-hybridized carbons (Fsp3) is 0.810. The topological polar surface area (TPSA) is 43.4 Å². The van der Waals surface area contributed by atoms with Gasteiger partial charge in [-0.25, -0.2) is 0 Å². The summed E-state index contributed by atoms with van der Waals surface area (Å²) in [5.41, 5.74) is -0.131. The molecule has 3 heteroatoms. The Kier molecular flexibility index (Phi) is 4.21. The quantitative estimate of drug-likeness (QED) is 0.544. The molecule has 0 radical (unpaired) electrons. The largest absolute Gasteiger partial charge is 0.462 e. The Morgan fingerprint density at radius 3 is 2.58 bits per heavy atom. The number of carbonyl (C=O) groups is 2. The van der Waals surface area contributed by atoms with Crippen molar-refractivity contribution in [3.63, 3.8) is 0 Å². The highest BCUT2D eigenvalue weighted by atomic mass is 16.5. The van der Waals surface area contributed by atoms with Gasteiger partial charge < -0.3 is 4.74 Å². The Balaban J connectivity index is 2.07. The van der Waals surface area contributed by atoms with E-state index in [4.69, 9.17) is 4.74 Å². The summed E-state index contributed by atoms with van der Waals surface area (Å²) in [5, 5.41) is 0. The molecule has 0 amide bonds. The third-order valence-corrected chi connectivity index (χ3v) is 7.97. The summed E-state index contributed by atoms with van der Waals surface area (Å²) in [6.45, 7) is 12.4. The number of rotatable bonds is 2.